The average molecular weight is 1550 g/mol. The van der Waals surface area contributed by atoms with Crippen molar-refractivity contribution in [3.8, 4) is 0 Å². The molecule has 0 rings (SSSR count). The third kappa shape index (κ3) is 78.7. The zero-order chi connectivity index (χ0) is 77.8. The first-order valence-corrected chi connectivity index (χ1v) is 48.0. The Kier molecular flexibility index (Phi) is 76.9. The first kappa shape index (κ1) is 104. The molecule has 3 unspecified atom stereocenters. The maximum absolute atomic E-state index is 13.1. The fourth-order valence-electron chi connectivity index (χ4n) is 13.6. The van der Waals surface area contributed by atoms with Gasteiger partial charge in [-0.2, -0.15) is 0 Å². The summed E-state index contributed by atoms with van der Waals surface area (Å²) < 4.78 is 68.8. The van der Waals surface area contributed by atoms with Crippen LogP contribution in [0.5, 0.6) is 0 Å². The molecule has 0 aliphatic rings. The number of unbranched alkanes of at least 4 members (excludes halogenated alkanes) is 55. The molecule has 3 N–H and O–H groups in total. The molecule has 0 bridgehead atoms. The minimum Gasteiger partial charge on any atom is -0.462 e. The van der Waals surface area contributed by atoms with Crippen molar-refractivity contribution in [3.05, 3.63) is 0 Å². The van der Waals surface area contributed by atoms with Crippen LogP contribution in [0.2, 0.25) is 0 Å². The highest BCUT2D eigenvalue weighted by Gasteiger charge is 2.30. The minimum absolute atomic E-state index is 0.107. The highest BCUT2D eigenvalue weighted by Crippen LogP contribution is 2.45. The smallest absolute Gasteiger partial charge is 0.462 e. The van der Waals surface area contributed by atoms with E-state index in [0.717, 1.165) is 115 Å². The Bertz CT molecular complexity index is 2030. The van der Waals surface area contributed by atoms with Gasteiger partial charge in [0.1, 0.15) is 19.3 Å². The summed E-state index contributed by atoms with van der Waals surface area (Å²) in [6.07, 6.45) is 71.1. The Morgan fingerprint density at radius 1 is 0.274 bits per heavy atom. The van der Waals surface area contributed by atoms with Crippen LogP contribution in [0.4, 0.5) is 0 Å². The van der Waals surface area contributed by atoms with E-state index in [4.69, 9.17) is 37.0 Å². The molecule has 19 heteroatoms. The van der Waals surface area contributed by atoms with Gasteiger partial charge in [-0.15, -0.1) is 0 Å². The lowest BCUT2D eigenvalue weighted by Crippen LogP contribution is -2.30. The van der Waals surface area contributed by atoms with Crippen LogP contribution in [0.3, 0.4) is 0 Å². The third-order valence-corrected chi connectivity index (χ3v) is 22.7. The third-order valence-electron chi connectivity index (χ3n) is 20.8. The molecule has 0 amide bonds. The molecule has 0 radical (unpaired) electrons. The van der Waals surface area contributed by atoms with Crippen LogP contribution in [-0.4, -0.2) is 96.7 Å². The van der Waals surface area contributed by atoms with Crippen LogP contribution >= 0.6 is 15.6 Å². The van der Waals surface area contributed by atoms with E-state index < -0.39 is 97.5 Å². The van der Waals surface area contributed by atoms with Gasteiger partial charge < -0.3 is 33.8 Å². The van der Waals surface area contributed by atoms with Gasteiger partial charge in [-0.25, -0.2) is 9.13 Å². The van der Waals surface area contributed by atoms with Crippen LogP contribution in [0.15, 0.2) is 0 Å². The van der Waals surface area contributed by atoms with E-state index in [0.29, 0.717) is 25.7 Å². The van der Waals surface area contributed by atoms with Gasteiger partial charge >= 0.3 is 39.5 Å². The first-order valence-electron chi connectivity index (χ1n) is 45.0. The van der Waals surface area contributed by atoms with E-state index in [1.807, 2.05) is 0 Å². The molecule has 17 nitrogen and oxygen atoms in total. The lowest BCUT2D eigenvalue weighted by Gasteiger charge is -2.21. The summed E-state index contributed by atoms with van der Waals surface area (Å²) in [7, 11) is -9.92. The van der Waals surface area contributed by atoms with Gasteiger partial charge in [-0.3, -0.25) is 37.3 Å². The molecule has 106 heavy (non-hydrogen) atoms. The summed E-state index contributed by atoms with van der Waals surface area (Å²) in [6, 6.07) is 0. The molecule has 0 aromatic heterocycles. The maximum Gasteiger partial charge on any atom is 0.472 e. The number of hydrogen-bond donors (Lipinski definition) is 3. The summed E-state index contributed by atoms with van der Waals surface area (Å²) in [5.41, 5.74) is 0. The monoisotopic (exact) mass is 1550 g/mol. The zero-order valence-corrected chi connectivity index (χ0v) is 71.5. The number of ether oxygens (including phenoxy) is 4. The molecule has 0 heterocycles. The molecule has 0 fully saturated rings. The van der Waals surface area contributed by atoms with Gasteiger partial charge in [0.2, 0.25) is 0 Å². The number of esters is 4. The van der Waals surface area contributed by atoms with Crippen molar-refractivity contribution in [1.82, 2.24) is 0 Å². The van der Waals surface area contributed by atoms with E-state index in [2.05, 4.69) is 41.5 Å². The normalized spacial score (nSPS) is 14.1. The van der Waals surface area contributed by atoms with Crippen molar-refractivity contribution >= 4 is 39.5 Å². The first-order chi connectivity index (χ1) is 51.4. The Morgan fingerprint density at radius 2 is 0.481 bits per heavy atom. The van der Waals surface area contributed by atoms with Gasteiger partial charge in [0, 0.05) is 25.7 Å². The fourth-order valence-corrected chi connectivity index (χ4v) is 15.1. The summed E-state index contributed by atoms with van der Waals surface area (Å²) >= 11 is 0. The summed E-state index contributed by atoms with van der Waals surface area (Å²) in [5, 5.41) is 10.7. The number of hydrogen-bond acceptors (Lipinski definition) is 15. The second-order valence-electron chi connectivity index (χ2n) is 32.0. The van der Waals surface area contributed by atoms with Crippen LogP contribution in [0.25, 0.3) is 0 Å². The lowest BCUT2D eigenvalue weighted by molar-refractivity contribution is -0.161. The van der Waals surface area contributed by atoms with Crippen LogP contribution < -0.4 is 0 Å². The van der Waals surface area contributed by atoms with Crippen LogP contribution in [0, 0.1) is 11.8 Å². The van der Waals surface area contributed by atoms with E-state index in [1.165, 1.54) is 270 Å². The van der Waals surface area contributed by atoms with Crippen LogP contribution in [-0.2, 0) is 65.4 Å². The second kappa shape index (κ2) is 78.3. The van der Waals surface area contributed by atoms with Gasteiger partial charge in [0.15, 0.2) is 12.2 Å². The highest BCUT2D eigenvalue weighted by molar-refractivity contribution is 7.47. The van der Waals surface area contributed by atoms with Crippen molar-refractivity contribution in [2.45, 2.75) is 484 Å². The Labute approximate surface area is 651 Å². The molecule has 6 atom stereocenters. The molecular weight excluding hydrogens is 1380 g/mol. The summed E-state index contributed by atoms with van der Waals surface area (Å²) in [6.45, 7) is 9.71. The van der Waals surface area contributed by atoms with Crippen molar-refractivity contribution in [2.24, 2.45) is 11.8 Å². The number of aliphatic hydroxyl groups excluding tert-OH is 1. The fraction of sp³-hybridized carbons (Fsp3) is 0.954. The molecule has 0 aliphatic heterocycles. The van der Waals surface area contributed by atoms with Crippen molar-refractivity contribution in [2.75, 3.05) is 39.6 Å². The Hall–Kier alpha value is -1.94. The SMILES string of the molecule is CCCCCCCCCCCCCCCCCCCCCCCC(=O)OC[C@H](COP(=O)(O)OC[C@@H](O)COP(=O)(O)OC[C@@H](COC(=O)CCCCCCCCC)OC(=O)CCCCCCCCCCCCCCCC(C)C)OC(=O)CCCCCCCCCCCCCCCCCCCCC(C)CC. The quantitative estimate of drug-likeness (QED) is 0.0222. The molecule has 0 saturated carbocycles. The van der Waals surface area contributed by atoms with Crippen molar-refractivity contribution < 1.29 is 80.2 Å². The molecule has 0 saturated heterocycles. The number of aliphatic hydroxyl groups is 1. The Morgan fingerprint density at radius 3 is 0.717 bits per heavy atom. The van der Waals surface area contributed by atoms with Gasteiger partial charge in [-0.1, -0.05) is 414 Å². The van der Waals surface area contributed by atoms with Gasteiger partial charge in [0.05, 0.1) is 26.4 Å². The molecule has 0 aromatic rings. The van der Waals surface area contributed by atoms with E-state index in [9.17, 15) is 43.2 Å². The highest BCUT2D eigenvalue weighted by atomic mass is 31.2. The second-order valence-corrected chi connectivity index (χ2v) is 34.9. The minimum atomic E-state index is -4.97. The number of carbonyl (C=O) groups is 4. The van der Waals surface area contributed by atoms with Crippen molar-refractivity contribution in [1.29, 1.82) is 0 Å². The molecule has 0 aromatic carbocycles. The predicted molar refractivity (Wildman–Crippen MR) is 437 cm³/mol. The van der Waals surface area contributed by atoms with Gasteiger partial charge in [0.25, 0.3) is 0 Å². The largest absolute Gasteiger partial charge is 0.472 e. The standard InChI is InChI=1S/C87H170O17P2/c1-7-10-12-14-16-17-18-19-20-21-22-23-24-28-31-36-41-46-52-58-64-70-85(90)98-76-83(104-87(92)71-65-59-53-47-42-37-32-29-26-25-27-30-35-40-45-51-56-62-68-80(6)9-3)78-102-106(95,96)100-74-81(88)73-99-105(93,94)101-77-82(75-97-84(89)69-63-57-49-15-13-11-8-2)103-86(91)72-66-60-54-48-43-38-33-34-39-44-50-55-61-67-79(4)5/h79-83,88H,7-78H2,1-6H3,(H,93,94)(H,95,96)/t80?,81-,82+,83+/m0/s1. The molecular formula is C87H170O17P2. The van der Waals surface area contributed by atoms with E-state index >= 15 is 0 Å². The molecule has 0 spiro atoms. The summed E-state index contributed by atoms with van der Waals surface area (Å²) in [5.74, 6) is -0.449. The maximum atomic E-state index is 13.1. The van der Waals surface area contributed by atoms with E-state index in [-0.39, 0.29) is 25.7 Å². The van der Waals surface area contributed by atoms with Crippen molar-refractivity contribution in [3.63, 3.8) is 0 Å². The van der Waals surface area contributed by atoms with E-state index in [1.54, 1.807) is 0 Å². The number of phosphoric acid groups is 2. The summed E-state index contributed by atoms with van der Waals surface area (Å²) in [4.78, 5) is 73.1. The lowest BCUT2D eigenvalue weighted by atomic mass is 9.99. The molecule has 630 valence electrons. The number of carbonyl (C=O) groups excluding carboxylic acids is 4. The predicted octanol–water partition coefficient (Wildman–Crippen LogP) is 26.6. The van der Waals surface area contributed by atoms with Gasteiger partial charge in [-0.05, 0) is 37.5 Å². The van der Waals surface area contributed by atoms with Crippen LogP contribution in [0.1, 0.15) is 465 Å². The molecule has 0 aliphatic carbocycles. The topological polar surface area (TPSA) is 237 Å². The Balaban J connectivity index is 5.15. The average Bonchev–Trinajstić information content (AvgIpc) is 0.900. The number of rotatable bonds is 86. The number of phosphoric ester groups is 2. The zero-order valence-electron chi connectivity index (χ0n) is 69.7.